The van der Waals surface area contributed by atoms with Crippen molar-refractivity contribution in [1.82, 2.24) is 4.31 Å². The summed E-state index contributed by atoms with van der Waals surface area (Å²) in [5.41, 5.74) is 2.16. The molecule has 0 spiro atoms. The number of nitrogens with one attached hydrogen (secondary N) is 2. The van der Waals surface area contributed by atoms with Crippen LogP contribution in [0.2, 0.25) is 10.0 Å². The molecule has 2 amide bonds. The van der Waals surface area contributed by atoms with E-state index in [-0.39, 0.29) is 5.91 Å². The zero-order valence-corrected chi connectivity index (χ0v) is 17.5. The summed E-state index contributed by atoms with van der Waals surface area (Å²) in [6.07, 6.45) is 0.521. The third-order valence-corrected chi connectivity index (χ3v) is 5.11. The lowest BCUT2D eigenvalue weighted by molar-refractivity contribution is -0.105. The summed E-state index contributed by atoms with van der Waals surface area (Å²) >= 11 is 13.9. The minimum Gasteiger partial charge on any atom is -0.327 e. The lowest BCUT2D eigenvalue weighted by Gasteiger charge is -2.24. The van der Waals surface area contributed by atoms with Gasteiger partial charge in [-0.15, -0.1) is 0 Å². The molecule has 0 saturated carbocycles. The molecule has 2 rings (SSSR count). The first-order valence-corrected chi connectivity index (χ1v) is 9.58. The molecular weight excluding hydrogens is 407 g/mol. The molecule has 2 aromatic carbocycles. The summed E-state index contributed by atoms with van der Waals surface area (Å²) in [5, 5.41) is 5.96. The van der Waals surface area contributed by atoms with E-state index in [1.165, 1.54) is 0 Å². The third-order valence-electron chi connectivity index (χ3n) is 3.47. The van der Waals surface area contributed by atoms with Gasteiger partial charge >= 0.3 is 0 Å². The van der Waals surface area contributed by atoms with Crippen molar-refractivity contribution in [1.29, 1.82) is 0 Å². The Bertz CT molecular complexity index is 833. The average Bonchev–Trinajstić information content (AvgIpc) is 2.62. The van der Waals surface area contributed by atoms with Gasteiger partial charge in [-0.05, 0) is 57.4 Å². The van der Waals surface area contributed by atoms with Crippen LogP contribution in [-0.4, -0.2) is 37.3 Å². The predicted octanol–water partition coefficient (Wildman–Crippen LogP) is 4.77. The number of hydrogen-bond acceptors (Lipinski definition) is 5. The normalized spacial score (nSPS) is 10.6. The number of carbonyl (C=O) groups is 2. The quantitative estimate of drug-likeness (QED) is 0.470. The molecule has 0 bridgehead atoms. The minimum atomic E-state index is -0.353. The van der Waals surface area contributed by atoms with E-state index in [0.29, 0.717) is 33.4 Å². The molecule has 0 heterocycles. The molecule has 0 atom stereocenters. The van der Waals surface area contributed by atoms with E-state index in [4.69, 9.17) is 23.2 Å². The molecule has 6 nitrogen and oxygen atoms in total. The van der Waals surface area contributed by atoms with Gasteiger partial charge in [0.05, 0.1) is 21.3 Å². The Morgan fingerprint density at radius 2 is 1.89 bits per heavy atom. The average molecular weight is 427 g/mol. The van der Waals surface area contributed by atoms with Crippen LogP contribution >= 0.6 is 35.3 Å². The first-order chi connectivity index (χ1) is 12.8. The highest BCUT2D eigenvalue weighted by Gasteiger charge is 2.15. The van der Waals surface area contributed by atoms with Crippen molar-refractivity contribution in [3.05, 3.63) is 52.0 Å². The summed E-state index contributed by atoms with van der Waals surface area (Å²) in [6, 6.07) is 10.1. The Kier molecular flexibility index (Phi) is 7.79. The Labute approximate surface area is 173 Å². The second kappa shape index (κ2) is 9.85. The van der Waals surface area contributed by atoms with Gasteiger partial charge in [0.15, 0.2) is 0 Å². The van der Waals surface area contributed by atoms with E-state index in [1.807, 2.05) is 31.4 Å². The largest absolute Gasteiger partial charge is 0.327 e. The number of carbonyl (C=O) groups excluding carboxylic acids is 2. The lowest BCUT2D eigenvalue weighted by atomic mass is 10.1. The first-order valence-electron chi connectivity index (χ1n) is 8.09. The first kappa shape index (κ1) is 21.4. The molecule has 27 heavy (non-hydrogen) atoms. The predicted molar refractivity (Wildman–Crippen MR) is 115 cm³/mol. The van der Waals surface area contributed by atoms with Gasteiger partial charge in [-0.1, -0.05) is 23.2 Å². The zero-order valence-electron chi connectivity index (χ0n) is 15.1. The molecular formula is C18H20Cl2N4O2S. The summed E-state index contributed by atoms with van der Waals surface area (Å²) in [4.78, 5) is 23.2. The van der Waals surface area contributed by atoms with Crippen LogP contribution in [0.3, 0.4) is 0 Å². The smallest absolute Gasteiger partial charge is 0.257 e. The van der Waals surface area contributed by atoms with E-state index in [9.17, 15) is 9.59 Å². The van der Waals surface area contributed by atoms with Crippen LogP contribution in [0.25, 0.3) is 0 Å². The third kappa shape index (κ3) is 5.77. The molecule has 0 saturated heterocycles. The van der Waals surface area contributed by atoms with E-state index in [0.717, 1.165) is 12.2 Å². The van der Waals surface area contributed by atoms with Gasteiger partial charge in [0.1, 0.15) is 0 Å². The second-order valence-corrected chi connectivity index (χ2v) is 7.81. The minimum absolute atomic E-state index is 0.350. The van der Waals surface area contributed by atoms with Crippen LogP contribution in [0.4, 0.5) is 17.1 Å². The van der Waals surface area contributed by atoms with Crippen molar-refractivity contribution < 1.29 is 9.59 Å². The highest BCUT2D eigenvalue weighted by molar-refractivity contribution is 7.98. The van der Waals surface area contributed by atoms with E-state index >= 15 is 0 Å². The fraction of sp³-hybridized carbons (Fsp3) is 0.222. The summed E-state index contributed by atoms with van der Waals surface area (Å²) in [5.74, 6) is -0.353. The number of halogens is 2. The monoisotopic (exact) mass is 426 g/mol. The van der Waals surface area contributed by atoms with Crippen molar-refractivity contribution in [2.75, 3.05) is 35.6 Å². The Hall–Kier alpha value is -1.93. The van der Waals surface area contributed by atoms with Gasteiger partial charge in [-0.2, -0.15) is 0 Å². The summed E-state index contributed by atoms with van der Waals surface area (Å²) < 4.78 is 4.04. The maximum Gasteiger partial charge on any atom is 0.257 e. The van der Waals surface area contributed by atoms with Gasteiger partial charge in [-0.25, -0.2) is 4.31 Å². The molecule has 144 valence electrons. The topological polar surface area (TPSA) is 64.7 Å². The van der Waals surface area contributed by atoms with Gasteiger partial charge in [-0.3, -0.25) is 9.59 Å². The van der Waals surface area contributed by atoms with Crippen LogP contribution in [0.5, 0.6) is 0 Å². The Morgan fingerprint density at radius 1 is 1.15 bits per heavy atom. The summed E-state index contributed by atoms with van der Waals surface area (Å²) in [7, 11) is 3.91. The van der Waals surface area contributed by atoms with Gasteiger partial charge in [0.25, 0.3) is 5.91 Å². The van der Waals surface area contributed by atoms with Crippen molar-refractivity contribution in [3.8, 4) is 0 Å². The number of rotatable bonds is 8. The summed E-state index contributed by atoms with van der Waals surface area (Å²) in [6.45, 7) is 2.82. The van der Waals surface area contributed by atoms with E-state index in [1.54, 1.807) is 42.5 Å². The molecule has 0 aliphatic rings. The Morgan fingerprint density at radius 3 is 2.48 bits per heavy atom. The van der Waals surface area contributed by atoms with Gasteiger partial charge in [0.2, 0.25) is 6.41 Å². The molecule has 9 heteroatoms. The van der Waals surface area contributed by atoms with Crippen molar-refractivity contribution in [2.45, 2.75) is 6.92 Å². The lowest BCUT2D eigenvalue weighted by Crippen LogP contribution is -2.20. The van der Waals surface area contributed by atoms with Crippen LogP contribution in [0.1, 0.15) is 17.3 Å². The zero-order chi connectivity index (χ0) is 20.0. The van der Waals surface area contributed by atoms with Crippen molar-refractivity contribution >= 4 is 64.7 Å². The van der Waals surface area contributed by atoms with Crippen molar-refractivity contribution in [3.63, 3.8) is 0 Å². The molecule has 2 aromatic rings. The number of anilines is 3. The van der Waals surface area contributed by atoms with Gasteiger partial charge < -0.3 is 14.9 Å². The molecule has 0 unspecified atom stereocenters. The molecule has 0 aromatic heterocycles. The number of nitrogens with zero attached hydrogens (tertiary/aromatic N) is 2. The van der Waals surface area contributed by atoms with Crippen LogP contribution < -0.4 is 14.9 Å². The SMILES string of the molecule is CCN(SN(C)C)c1ccc(C(=O)Nc2ccc(Cl)c(NC=O)c2)c(Cl)c1. The number of amides is 2. The van der Waals surface area contributed by atoms with Crippen LogP contribution in [0.15, 0.2) is 36.4 Å². The second-order valence-electron chi connectivity index (χ2n) is 5.66. The number of benzene rings is 2. The van der Waals surface area contributed by atoms with E-state index in [2.05, 4.69) is 14.9 Å². The maximum absolute atomic E-state index is 12.6. The number of hydrogen-bond donors (Lipinski definition) is 2. The van der Waals surface area contributed by atoms with E-state index < -0.39 is 0 Å². The highest BCUT2D eigenvalue weighted by atomic mass is 35.5. The van der Waals surface area contributed by atoms with Gasteiger partial charge in [0, 0.05) is 30.1 Å². The van der Waals surface area contributed by atoms with Crippen molar-refractivity contribution in [2.24, 2.45) is 0 Å². The molecule has 0 fully saturated rings. The van der Waals surface area contributed by atoms with Crippen LogP contribution in [-0.2, 0) is 4.79 Å². The maximum atomic E-state index is 12.6. The fourth-order valence-corrected chi connectivity index (χ4v) is 3.45. The Balaban J connectivity index is 2.19. The molecule has 0 aliphatic carbocycles. The molecule has 2 N–H and O–H groups in total. The molecule has 0 radical (unpaired) electrons. The molecule has 0 aliphatic heterocycles. The standard InChI is InChI=1S/C18H20Cl2N4O2S/c1-4-24(27-23(2)3)13-6-7-14(16(20)10-13)18(26)22-12-5-8-15(19)17(9-12)21-11-25/h5-11H,4H2,1-3H3,(H,21,25)(H,22,26). The van der Waals surface area contributed by atoms with Crippen LogP contribution in [0, 0.1) is 0 Å². The highest BCUT2D eigenvalue weighted by Crippen LogP contribution is 2.30. The fourth-order valence-electron chi connectivity index (χ4n) is 2.30.